The molecule has 3 aromatic heterocycles. The van der Waals surface area contributed by atoms with Crippen LogP contribution in [0, 0.1) is 12.7 Å². The summed E-state index contributed by atoms with van der Waals surface area (Å²) in [5.41, 5.74) is 1.37. The Hall–Kier alpha value is -3.80. The van der Waals surface area contributed by atoms with E-state index in [1.807, 2.05) is 14.0 Å². The Balaban J connectivity index is 0.000000968. The second kappa shape index (κ2) is 10.7. The fourth-order valence-electron chi connectivity index (χ4n) is 3.54. The van der Waals surface area contributed by atoms with Crippen molar-refractivity contribution in [3.05, 3.63) is 41.7 Å². The monoisotopic (exact) mass is 459 g/mol. The van der Waals surface area contributed by atoms with Gasteiger partial charge in [0.2, 0.25) is 11.8 Å². The lowest BCUT2D eigenvalue weighted by Gasteiger charge is -2.18. The van der Waals surface area contributed by atoms with Gasteiger partial charge in [-0.05, 0) is 27.3 Å². The fourth-order valence-corrected chi connectivity index (χ4v) is 3.54. The maximum atomic E-state index is 14.3. The van der Waals surface area contributed by atoms with Crippen molar-refractivity contribution < 1.29 is 23.8 Å². The number of aromatic nitrogens is 4. The van der Waals surface area contributed by atoms with Gasteiger partial charge in [0.15, 0.2) is 11.5 Å². The summed E-state index contributed by atoms with van der Waals surface area (Å²) in [4.78, 5) is 36.2. The largest absolute Gasteiger partial charge is 0.483 e. The highest BCUT2D eigenvalue weighted by Gasteiger charge is 2.25. The topological polar surface area (TPSA) is 134 Å². The molecule has 0 bridgehead atoms. The first-order chi connectivity index (χ1) is 15.9. The third-order valence-corrected chi connectivity index (χ3v) is 5.03. The highest BCUT2D eigenvalue weighted by molar-refractivity contribution is 6.05. The third kappa shape index (κ3) is 5.52. The molecular weight excluding hydrogens is 433 g/mol. The maximum absolute atomic E-state index is 14.3. The number of rotatable bonds is 6. The molecule has 0 aliphatic carbocycles. The molecule has 3 N–H and O–H groups in total. The summed E-state index contributed by atoms with van der Waals surface area (Å²) in [7, 11) is 1.93. The number of aryl methyl sites for hydroxylation is 1. The van der Waals surface area contributed by atoms with Crippen molar-refractivity contribution in [3.63, 3.8) is 0 Å². The number of ether oxygens (including phenoxy) is 1. The van der Waals surface area contributed by atoms with E-state index in [9.17, 15) is 9.18 Å². The number of carbonyl (C=O) groups is 2. The molecular formula is C21H26FN7O4. The van der Waals surface area contributed by atoms with Crippen LogP contribution >= 0.6 is 0 Å². The van der Waals surface area contributed by atoms with Gasteiger partial charge in [0.25, 0.3) is 12.4 Å². The van der Waals surface area contributed by atoms with Crippen LogP contribution in [0.1, 0.15) is 29.4 Å². The van der Waals surface area contributed by atoms with Crippen LogP contribution in [0.15, 0.2) is 24.7 Å². The van der Waals surface area contributed by atoms with Gasteiger partial charge in [0.1, 0.15) is 5.56 Å². The minimum absolute atomic E-state index is 0.187. The first-order valence-electron chi connectivity index (χ1n) is 10.4. The number of halogens is 1. The van der Waals surface area contributed by atoms with Crippen LogP contribution in [0.25, 0.3) is 5.65 Å². The normalized spacial score (nSPS) is 15.2. The molecule has 176 valence electrons. The number of imidazole rings is 1. The van der Waals surface area contributed by atoms with Gasteiger partial charge in [-0.1, -0.05) is 0 Å². The van der Waals surface area contributed by atoms with E-state index in [1.54, 1.807) is 19.3 Å². The summed E-state index contributed by atoms with van der Waals surface area (Å²) in [6.45, 7) is 5.31. The molecule has 33 heavy (non-hydrogen) atoms. The Morgan fingerprint density at radius 2 is 2.15 bits per heavy atom. The summed E-state index contributed by atoms with van der Waals surface area (Å²) < 4.78 is 21.4. The van der Waals surface area contributed by atoms with Crippen molar-refractivity contribution in [1.29, 1.82) is 0 Å². The molecule has 3 aromatic rings. The summed E-state index contributed by atoms with van der Waals surface area (Å²) in [6, 6.07) is 1.61. The smallest absolute Gasteiger partial charge is 0.290 e. The molecule has 0 radical (unpaired) electrons. The molecule has 0 spiro atoms. The Morgan fingerprint density at radius 3 is 2.82 bits per heavy atom. The molecule has 4 rings (SSSR count). The quantitative estimate of drug-likeness (QED) is 0.471. The maximum Gasteiger partial charge on any atom is 0.290 e. The van der Waals surface area contributed by atoms with E-state index in [0.717, 1.165) is 19.5 Å². The minimum Gasteiger partial charge on any atom is -0.483 e. The van der Waals surface area contributed by atoms with E-state index >= 15 is 0 Å². The van der Waals surface area contributed by atoms with Gasteiger partial charge >= 0.3 is 0 Å². The molecule has 1 fully saturated rings. The number of likely N-dealkylation sites (N-methyl/N-ethyl adjacent to an activating group) is 1. The van der Waals surface area contributed by atoms with Crippen molar-refractivity contribution in [2.24, 2.45) is 0 Å². The zero-order valence-electron chi connectivity index (χ0n) is 18.6. The highest BCUT2D eigenvalue weighted by atomic mass is 19.1. The van der Waals surface area contributed by atoms with Crippen molar-refractivity contribution >= 4 is 29.7 Å². The number of carbonyl (C=O) groups excluding carboxylic acids is 1. The van der Waals surface area contributed by atoms with Crippen LogP contribution in [0.2, 0.25) is 0 Å². The average molecular weight is 459 g/mol. The Labute approximate surface area is 189 Å². The van der Waals surface area contributed by atoms with Crippen molar-refractivity contribution in [3.8, 4) is 5.88 Å². The van der Waals surface area contributed by atoms with Crippen LogP contribution < -0.4 is 20.3 Å². The van der Waals surface area contributed by atoms with Crippen molar-refractivity contribution in [1.82, 2.24) is 24.7 Å². The van der Waals surface area contributed by atoms with E-state index in [2.05, 4.69) is 30.5 Å². The summed E-state index contributed by atoms with van der Waals surface area (Å²) in [6.07, 6.45) is 5.74. The zero-order valence-corrected chi connectivity index (χ0v) is 18.6. The van der Waals surface area contributed by atoms with Crippen LogP contribution in [0.4, 0.5) is 16.0 Å². The SMILES string of the molecule is CCOc1nc(N2CC[C@H](NC)C2)ncc1C(=O)Nc1cc(F)c2nc(C)cn2c1.O=CO. The van der Waals surface area contributed by atoms with Gasteiger partial charge in [-0.3, -0.25) is 9.59 Å². The van der Waals surface area contributed by atoms with Crippen molar-refractivity contribution in [2.45, 2.75) is 26.3 Å². The van der Waals surface area contributed by atoms with E-state index in [4.69, 9.17) is 14.6 Å². The van der Waals surface area contributed by atoms with Crippen LogP contribution in [-0.4, -0.2) is 69.6 Å². The van der Waals surface area contributed by atoms with Gasteiger partial charge < -0.3 is 29.8 Å². The first kappa shape index (κ1) is 23.9. The minimum atomic E-state index is -0.523. The molecule has 4 heterocycles. The lowest BCUT2D eigenvalue weighted by molar-refractivity contribution is -0.122. The number of hydrogen-bond acceptors (Lipinski definition) is 8. The molecule has 1 aliphatic rings. The lowest BCUT2D eigenvalue weighted by Crippen LogP contribution is -2.30. The molecule has 0 unspecified atom stereocenters. The molecule has 0 saturated carbocycles. The predicted octanol–water partition coefficient (Wildman–Crippen LogP) is 1.72. The molecule has 1 amide bonds. The van der Waals surface area contributed by atoms with Crippen LogP contribution in [0.3, 0.4) is 0 Å². The number of fused-ring (bicyclic) bond motifs is 1. The molecule has 0 aromatic carbocycles. The van der Waals surface area contributed by atoms with Crippen LogP contribution in [0.5, 0.6) is 5.88 Å². The first-order valence-corrected chi connectivity index (χ1v) is 10.4. The number of nitrogens with zero attached hydrogens (tertiary/aromatic N) is 5. The zero-order chi connectivity index (χ0) is 24.0. The van der Waals surface area contributed by atoms with Gasteiger partial charge in [-0.25, -0.2) is 14.4 Å². The number of amides is 1. The second-order valence-corrected chi connectivity index (χ2v) is 7.29. The van der Waals surface area contributed by atoms with Gasteiger partial charge in [0.05, 0.1) is 18.0 Å². The second-order valence-electron chi connectivity index (χ2n) is 7.29. The van der Waals surface area contributed by atoms with Gasteiger partial charge in [0, 0.05) is 43.8 Å². The van der Waals surface area contributed by atoms with Crippen molar-refractivity contribution in [2.75, 3.05) is 37.0 Å². The number of carboxylic acid groups (broad SMARTS) is 1. The molecule has 1 aliphatic heterocycles. The third-order valence-electron chi connectivity index (χ3n) is 5.03. The summed E-state index contributed by atoms with van der Waals surface area (Å²) in [5.74, 6) is -0.275. The van der Waals surface area contributed by atoms with E-state index in [0.29, 0.717) is 30.0 Å². The average Bonchev–Trinajstić information content (AvgIpc) is 3.41. The number of anilines is 2. The lowest BCUT2D eigenvalue weighted by atomic mass is 10.3. The van der Waals surface area contributed by atoms with Crippen LogP contribution in [-0.2, 0) is 4.79 Å². The number of hydrogen-bond donors (Lipinski definition) is 3. The highest BCUT2D eigenvalue weighted by Crippen LogP contribution is 2.23. The fraction of sp³-hybridized carbons (Fsp3) is 0.381. The summed E-state index contributed by atoms with van der Waals surface area (Å²) >= 11 is 0. The molecule has 11 nitrogen and oxygen atoms in total. The predicted molar refractivity (Wildman–Crippen MR) is 119 cm³/mol. The Kier molecular flexibility index (Phi) is 7.72. The Bertz CT molecular complexity index is 1140. The molecule has 1 saturated heterocycles. The number of pyridine rings is 1. The van der Waals surface area contributed by atoms with Gasteiger partial charge in [-0.2, -0.15) is 4.98 Å². The number of nitrogens with one attached hydrogen (secondary N) is 2. The van der Waals surface area contributed by atoms with Gasteiger partial charge in [-0.15, -0.1) is 0 Å². The van der Waals surface area contributed by atoms with E-state index < -0.39 is 11.7 Å². The summed E-state index contributed by atoms with van der Waals surface area (Å²) in [5, 5.41) is 12.8. The Morgan fingerprint density at radius 1 is 1.39 bits per heavy atom. The standard InChI is InChI=1S/C20H24FN7O2.CH2O2/c1-4-30-19-15(8-23-20(26-19)27-6-5-13(10-27)22-3)18(29)25-14-7-16(21)17-24-12(2)9-28(17)11-14;2-1-3/h7-9,11,13,22H,4-6,10H2,1-3H3,(H,25,29);1H,(H,2,3)/t13-;/m0./s1. The van der Waals surface area contributed by atoms with E-state index in [1.165, 1.54) is 16.7 Å². The molecule has 1 atom stereocenters. The molecule has 12 heteroatoms. The van der Waals surface area contributed by atoms with E-state index in [-0.39, 0.29) is 23.6 Å².